The molecule has 1 aromatic heterocycles. The van der Waals surface area contributed by atoms with Gasteiger partial charge in [-0.05, 0) is 24.6 Å². The minimum absolute atomic E-state index is 0.124. The Morgan fingerprint density at radius 2 is 2.22 bits per heavy atom. The predicted molar refractivity (Wildman–Crippen MR) is 76.2 cm³/mol. The molecule has 1 heterocycles. The molecule has 96 valence electrons. The van der Waals surface area contributed by atoms with E-state index in [1.165, 1.54) is 10.3 Å². The van der Waals surface area contributed by atoms with E-state index in [0.717, 1.165) is 10.6 Å². The van der Waals surface area contributed by atoms with Crippen molar-refractivity contribution in [3.8, 4) is 0 Å². The van der Waals surface area contributed by atoms with E-state index in [4.69, 9.17) is 0 Å². The molecule has 2 aromatic rings. The van der Waals surface area contributed by atoms with Gasteiger partial charge in [-0.2, -0.15) is 0 Å². The number of nitrogens with one attached hydrogen (secondary N) is 1. The lowest BCUT2D eigenvalue weighted by Gasteiger charge is -2.09. The molecule has 0 saturated heterocycles. The Bertz CT molecular complexity index is 562. The number of benzene rings is 1. The minimum atomic E-state index is 0.124. The van der Waals surface area contributed by atoms with Gasteiger partial charge in [0.05, 0.1) is 10.2 Å². The summed E-state index contributed by atoms with van der Waals surface area (Å²) in [5, 5.41) is 4.08. The number of fused-ring (bicyclic) bond motifs is 1. The average Bonchev–Trinajstić information content (AvgIpc) is 2.70. The molecule has 5 heteroatoms. The summed E-state index contributed by atoms with van der Waals surface area (Å²) in [7, 11) is 3.53. The topological polar surface area (TPSA) is 45.2 Å². The van der Waals surface area contributed by atoms with Gasteiger partial charge in [-0.15, -0.1) is 0 Å². The van der Waals surface area contributed by atoms with Gasteiger partial charge in [0, 0.05) is 27.1 Å². The Hall–Kier alpha value is -1.62. The molecule has 2 rings (SSSR count). The van der Waals surface area contributed by atoms with Crippen LogP contribution in [0, 0.1) is 6.92 Å². The maximum Gasteiger partial charge on any atom is 0.223 e. The van der Waals surface area contributed by atoms with Crippen LogP contribution in [0.25, 0.3) is 10.2 Å². The highest BCUT2D eigenvalue weighted by Gasteiger charge is 2.06. The van der Waals surface area contributed by atoms with Crippen LogP contribution in [0.5, 0.6) is 0 Å². The van der Waals surface area contributed by atoms with E-state index in [1.54, 1.807) is 30.3 Å². The van der Waals surface area contributed by atoms with E-state index in [0.29, 0.717) is 13.0 Å². The number of hydrogen-bond donors (Lipinski definition) is 1. The number of aromatic nitrogens is 1. The molecular formula is C13H17N3OS. The van der Waals surface area contributed by atoms with Crippen molar-refractivity contribution in [2.45, 2.75) is 13.3 Å². The maximum atomic E-state index is 11.4. The summed E-state index contributed by atoms with van der Waals surface area (Å²) in [6.45, 7) is 2.68. The first-order valence-electron chi connectivity index (χ1n) is 5.87. The summed E-state index contributed by atoms with van der Waals surface area (Å²) >= 11 is 1.62. The third kappa shape index (κ3) is 2.98. The number of nitrogens with zero attached hydrogens (tertiary/aromatic N) is 2. The SMILES string of the molecule is Cc1ccc2sc(NCCC(=O)N(C)C)nc2c1. The lowest BCUT2D eigenvalue weighted by Crippen LogP contribution is -2.23. The highest BCUT2D eigenvalue weighted by atomic mass is 32.1. The molecule has 0 spiro atoms. The third-order valence-corrected chi connectivity index (χ3v) is 3.65. The average molecular weight is 263 g/mol. The van der Waals surface area contributed by atoms with Crippen LogP contribution >= 0.6 is 11.3 Å². The fraction of sp³-hybridized carbons (Fsp3) is 0.385. The molecule has 0 aliphatic rings. The van der Waals surface area contributed by atoms with Gasteiger partial charge >= 0.3 is 0 Å². The number of hydrogen-bond acceptors (Lipinski definition) is 4. The monoisotopic (exact) mass is 263 g/mol. The second-order valence-electron chi connectivity index (χ2n) is 4.46. The van der Waals surface area contributed by atoms with Crippen LogP contribution in [0.2, 0.25) is 0 Å². The second kappa shape index (κ2) is 5.35. The Morgan fingerprint density at radius 3 is 2.94 bits per heavy atom. The largest absolute Gasteiger partial charge is 0.361 e. The van der Waals surface area contributed by atoms with Gasteiger partial charge in [-0.3, -0.25) is 4.79 Å². The highest BCUT2D eigenvalue weighted by molar-refractivity contribution is 7.22. The quantitative estimate of drug-likeness (QED) is 0.921. The number of rotatable bonds is 4. The maximum absolute atomic E-state index is 11.4. The van der Waals surface area contributed by atoms with E-state index in [1.807, 2.05) is 0 Å². The molecule has 1 amide bonds. The standard InChI is InChI=1S/C13H17N3OS/c1-9-4-5-11-10(8-9)15-13(18-11)14-7-6-12(17)16(2)3/h4-5,8H,6-7H2,1-3H3,(H,14,15). The summed E-state index contributed by atoms with van der Waals surface area (Å²) in [5.74, 6) is 0.124. The molecule has 1 N–H and O–H groups in total. The van der Waals surface area contributed by atoms with E-state index >= 15 is 0 Å². The van der Waals surface area contributed by atoms with Gasteiger partial charge in [0.1, 0.15) is 0 Å². The van der Waals surface area contributed by atoms with Crippen molar-refractivity contribution in [3.63, 3.8) is 0 Å². The number of thiazole rings is 1. The van der Waals surface area contributed by atoms with Crippen molar-refractivity contribution in [2.24, 2.45) is 0 Å². The van der Waals surface area contributed by atoms with Gasteiger partial charge < -0.3 is 10.2 Å². The normalized spacial score (nSPS) is 10.6. The second-order valence-corrected chi connectivity index (χ2v) is 5.49. The number of anilines is 1. The Balaban J connectivity index is 1.98. The molecule has 0 unspecified atom stereocenters. The summed E-state index contributed by atoms with van der Waals surface area (Å²) in [6.07, 6.45) is 0.488. The summed E-state index contributed by atoms with van der Waals surface area (Å²) in [4.78, 5) is 17.5. The molecule has 0 fully saturated rings. The smallest absolute Gasteiger partial charge is 0.223 e. The molecule has 0 bridgehead atoms. The van der Waals surface area contributed by atoms with Crippen LogP contribution in [-0.2, 0) is 4.79 Å². The molecule has 4 nitrogen and oxygen atoms in total. The first-order chi connectivity index (χ1) is 8.56. The minimum Gasteiger partial charge on any atom is -0.361 e. The Kier molecular flexibility index (Phi) is 3.81. The van der Waals surface area contributed by atoms with E-state index in [9.17, 15) is 4.79 Å². The van der Waals surface area contributed by atoms with Crippen molar-refractivity contribution in [1.29, 1.82) is 0 Å². The zero-order valence-corrected chi connectivity index (χ0v) is 11.7. The lowest BCUT2D eigenvalue weighted by molar-refractivity contribution is -0.128. The molecule has 0 atom stereocenters. The fourth-order valence-corrected chi connectivity index (χ4v) is 2.48. The Morgan fingerprint density at radius 1 is 1.44 bits per heavy atom. The van der Waals surface area contributed by atoms with E-state index in [2.05, 4.69) is 35.4 Å². The summed E-state index contributed by atoms with van der Waals surface area (Å²) in [6, 6.07) is 6.24. The van der Waals surface area contributed by atoms with Crippen LogP contribution in [0.3, 0.4) is 0 Å². The van der Waals surface area contributed by atoms with Gasteiger partial charge in [0.15, 0.2) is 5.13 Å². The number of carbonyl (C=O) groups excluding carboxylic acids is 1. The van der Waals surface area contributed by atoms with Crippen molar-refractivity contribution in [3.05, 3.63) is 23.8 Å². The first-order valence-corrected chi connectivity index (χ1v) is 6.69. The van der Waals surface area contributed by atoms with Crippen LogP contribution in [0.4, 0.5) is 5.13 Å². The van der Waals surface area contributed by atoms with E-state index in [-0.39, 0.29) is 5.91 Å². The molecule has 18 heavy (non-hydrogen) atoms. The van der Waals surface area contributed by atoms with Crippen LogP contribution < -0.4 is 5.32 Å². The van der Waals surface area contributed by atoms with Crippen molar-refractivity contribution >= 4 is 32.6 Å². The number of amides is 1. The molecule has 0 aliphatic carbocycles. The molecule has 1 aromatic carbocycles. The Labute approximate surface area is 111 Å². The zero-order chi connectivity index (χ0) is 13.1. The molecule has 0 saturated carbocycles. The summed E-state index contributed by atoms with van der Waals surface area (Å²) in [5.41, 5.74) is 2.23. The van der Waals surface area contributed by atoms with Gasteiger partial charge in [0.2, 0.25) is 5.91 Å². The highest BCUT2D eigenvalue weighted by Crippen LogP contribution is 2.26. The van der Waals surface area contributed by atoms with Crippen LogP contribution in [0.15, 0.2) is 18.2 Å². The fourth-order valence-electron chi connectivity index (χ4n) is 1.61. The van der Waals surface area contributed by atoms with Crippen LogP contribution in [-0.4, -0.2) is 36.4 Å². The van der Waals surface area contributed by atoms with Crippen molar-refractivity contribution in [1.82, 2.24) is 9.88 Å². The predicted octanol–water partition coefficient (Wildman–Crippen LogP) is 2.49. The number of aryl methyl sites for hydroxylation is 1. The number of carbonyl (C=O) groups is 1. The van der Waals surface area contributed by atoms with Gasteiger partial charge in [-0.1, -0.05) is 17.4 Å². The van der Waals surface area contributed by atoms with E-state index < -0.39 is 0 Å². The van der Waals surface area contributed by atoms with Crippen molar-refractivity contribution < 1.29 is 4.79 Å². The summed E-state index contributed by atoms with van der Waals surface area (Å²) < 4.78 is 1.17. The van der Waals surface area contributed by atoms with Gasteiger partial charge in [-0.25, -0.2) is 4.98 Å². The molecular weight excluding hydrogens is 246 g/mol. The first kappa shape index (κ1) is 12.8. The molecule has 0 aliphatic heterocycles. The third-order valence-electron chi connectivity index (χ3n) is 2.66. The zero-order valence-electron chi connectivity index (χ0n) is 10.9. The lowest BCUT2D eigenvalue weighted by atomic mass is 10.2. The van der Waals surface area contributed by atoms with Crippen LogP contribution in [0.1, 0.15) is 12.0 Å². The van der Waals surface area contributed by atoms with Gasteiger partial charge in [0.25, 0.3) is 0 Å². The van der Waals surface area contributed by atoms with Crippen molar-refractivity contribution in [2.75, 3.05) is 26.0 Å². The molecule has 0 radical (unpaired) electrons.